The highest BCUT2D eigenvalue weighted by molar-refractivity contribution is 9.10. The summed E-state index contributed by atoms with van der Waals surface area (Å²) in [4.78, 5) is 8.80. The molecule has 100 valence electrons. The molecule has 0 aliphatic heterocycles. The monoisotopic (exact) mass is 386 g/mol. The molecule has 0 radical (unpaired) electrons. The van der Waals surface area contributed by atoms with Gasteiger partial charge in [0.05, 0.1) is 10.5 Å². The topological polar surface area (TPSA) is 25.8 Å². The predicted octanol–water partition coefficient (Wildman–Crippen LogP) is 6.02. The lowest BCUT2D eigenvalue weighted by Gasteiger charge is -2.07. The molecule has 0 saturated carbocycles. The van der Waals surface area contributed by atoms with E-state index in [0.717, 1.165) is 15.4 Å². The van der Waals surface area contributed by atoms with E-state index in [4.69, 9.17) is 34.8 Å². The largest absolute Gasteiger partial charge is 0.228 e. The van der Waals surface area contributed by atoms with Crippen molar-refractivity contribution in [3.63, 3.8) is 0 Å². The van der Waals surface area contributed by atoms with Crippen molar-refractivity contribution in [2.45, 2.75) is 0 Å². The number of halogens is 4. The van der Waals surface area contributed by atoms with Gasteiger partial charge in [0, 0.05) is 20.4 Å². The van der Waals surface area contributed by atoms with E-state index in [1.807, 2.05) is 18.2 Å². The fourth-order valence-electron chi connectivity index (χ4n) is 1.85. The Morgan fingerprint density at radius 3 is 2.45 bits per heavy atom. The molecule has 1 heterocycles. The molecule has 3 rings (SSSR count). The zero-order valence-corrected chi connectivity index (χ0v) is 13.7. The normalized spacial score (nSPS) is 11.0. The smallest absolute Gasteiger partial charge is 0.162 e. The molecular formula is C14H6BrCl3N2. The summed E-state index contributed by atoms with van der Waals surface area (Å²) in [5.41, 5.74) is 1.46. The summed E-state index contributed by atoms with van der Waals surface area (Å²) in [7, 11) is 0. The molecule has 2 nitrogen and oxygen atoms in total. The first-order chi connectivity index (χ1) is 9.54. The van der Waals surface area contributed by atoms with Crippen LogP contribution < -0.4 is 0 Å². The highest BCUT2D eigenvalue weighted by Gasteiger charge is 2.11. The van der Waals surface area contributed by atoms with Gasteiger partial charge in [0.15, 0.2) is 5.82 Å². The Hall–Kier alpha value is -0.870. The number of hydrogen-bond donors (Lipinski definition) is 0. The minimum atomic E-state index is 0.386. The van der Waals surface area contributed by atoms with E-state index in [2.05, 4.69) is 25.9 Å². The zero-order valence-electron chi connectivity index (χ0n) is 9.87. The Labute approximate surface area is 138 Å². The predicted molar refractivity (Wildman–Crippen MR) is 87.7 cm³/mol. The molecule has 0 N–H and O–H groups in total. The Balaban J connectivity index is 2.24. The van der Waals surface area contributed by atoms with Crippen LogP contribution in [0, 0.1) is 0 Å². The van der Waals surface area contributed by atoms with E-state index >= 15 is 0 Å². The van der Waals surface area contributed by atoms with Crippen molar-refractivity contribution in [1.82, 2.24) is 9.97 Å². The van der Waals surface area contributed by atoms with Gasteiger partial charge < -0.3 is 0 Å². The number of hydrogen-bond acceptors (Lipinski definition) is 2. The summed E-state index contributed by atoms with van der Waals surface area (Å²) in [6.07, 6.45) is 0. The first-order valence-corrected chi connectivity index (χ1v) is 7.55. The van der Waals surface area contributed by atoms with Crippen LogP contribution >= 0.6 is 50.7 Å². The van der Waals surface area contributed by atoms with Crippen molar-refractivity contribution >= 4 is 61.6 Å². The summed E-state index contributed by atoms with van der Waals surface area (Å²) in [5, 5.41) is 2.23. The van der Waals surface area contributed by atoms with Crippen molar-refractivity contribution < 1.29 is 0 Å². The second-order valence-corrected chi connectivity index (χ2v) is 6.24. The maximum atomic E-state index is 6.23. The maximum absolute atomic E-state index is 6.23. The minimum absolute atomic E-state index is 0.386. The third kappa shape index (κ3) is 2.63. The van der Waals surface area contributed by atoms with Crippen molar-refractivity contribution in [3.05, 3.63) is 56.1 Å². The van der Waals surface area contributed by atoms with Crippen molar-refractivity contribution in [2.24, 2.45) is 0 Å². The number of nitrogens with zero attached hydrogens (tertiary/aromatic N) is 2. The van der Waals surface area contributed by atoms with Crippen LogP contribution in [-0.2, 0) is 0 Å². The fourth-order valence-corrected chi connectivity index (χ4v) is 2.94. The van der Waals surface area contributed by atoms with Gasteiger partial charge in [-0.05, 0) is 36.4 Å². The summed E-state index contributed by atoms with van der Waals surface area (Å²) >= 11 is 21.7. The molecule has 0 amide bonds. The van der Waals surface area contributed by atoms with Crippen LogP contribution in [0.5, 0.6) is 0 Å². The molecule has 2 aromatic carbocycles. The molecule has 0 spiro atoms. The molecule has 0 fully saturated rings. The molecule has 0 aliphatic carbocycles. The van der Waals surface area contributed by atoms with Gasteiger partial charge in [-0.15, -0.1) is 0 Å². The first kappa shape index (κ1) is 14.1. The maximum Gasteiger partial charge on any atom is 0.162 e. The van der Waals surface area contributed by atoms with Gasteiger partial charge >= 0.3 is 0 Å². The van der Waals surface area contributed by atoms with Crippen molar-refractivity contribution in [2.75, 3.05) is 0 Å². The van der Waals surface area contributed by atoms with Gasteiger partial charge in [-0.2, -0.15) is 0 Å². The van der Waals surface area contributed by atoms with Crippen molar-refractivity contribution in [1.29, 1.82) is 0 Å². The fraction of sp³-hybridized carbons (Fsp3) is 0. The summed E-state index contributed by atoms with van der Waals surface area (Å²) in [6, 6.07) is 10.8. The van der Waals surface area contributed by atoms with E-state index in [1.165, 1.54) is 0 Å². The van der Waals surface area contributed by atoms with E-state index in [9.17, 15) is 0 Å². The first-order valence-electron chi connectivity index (χ1n) is 5.63. The number of aromatic nitrogens is 2. The number of benzene rings is 2. The van der Waals surface area contributed by atoms with Gasteiger partial charge in [-0.1, -0.05) is 50.7 Å². The van der Waals surface area contributed by atoms with Crippen LogP contribution in [0.25, 0.3) is 22.3 Å². The molecule has 0 unspecified atom stereocenters. The van der Waals surface area contributed by atoms with E-state index in [0.29, 0.717) is 26.6 Å². The van der Waals surface area contributed by atoms with Gasteiger partial charge in [-0.3, -0.25) is 0 Å². The number of rotatable bonds is 1. The molecule has 20 heavy (non-hydrogen) atoms. The average molecular weight is 388 g/mol. The SMILES string of the molecule is Clc1ccc(-c2nc(Cl)c3cc(Br)ccc3n2)c(Cl)c1. The highest BCUT2D eigenvalue weighted by atomic mass is 79.9. The van der Waals surface area contributed by atoms with Crippen LogP contribution in [0.3, 0.4) is 0 Å². The van der Waals surface area contributed by atoms with Crippen LogP contribution in [0.4, 0.5) is 0 Å². The Morgan fingerprint density at radius 1 is 0.900 bits per heavy atom. The van der Waals surface area contributed by atoms with E-state index in [-0.39, 0.29) is 0 Å². The number of fused-ring (bicyclic) bond motifs is 1. The minimum Gasteiger partial charge on any atom is -0.228 e. The second kappa shape index (κ2) is 5.49. The van der Waals surface area contributed by atoms with Gasteiger partial charge in [0.2, 0.25) is 0 Å². The molecule has 0 aliphatic rings. The van der Waals surface area contributed by atoms with Crippen LogP contribution in [0.2, 0.25) is 15.2 Å². The van der Waals surface area contributed by atoms with Gasteiger partial charge in [0.1, 0.15) is 5.15 Å². The molecule has 0 saturated heterocycles. The van der Waals surface area contributed by atoms with Crippen LogP contribution in [-0.4, -0.2) is 9.97 Å². The summed E-state index contributed by atoms with van der Waals surface area (Å²) in [5.74, 6) is 0.478. The Morgan fingerprint density at radius 2 is 1.70 bits per heavy atom. The zero-order chi connectivity index (χ0) is 14.3. The van der Waals surface area contributed by atoms with Crippen molar-refractivity contribution in [3.8, 4) is 11.4 Å². The quantitative estimate of drug-likeness (QED) is 0.477. The lowest BCUT2D eigenvalue weighted by atomic mass is 10.2. The molecule has 3 aromatic rings. The lowest BCUT2D eigenvalue weighted by molar-refractivity contribution is 1.23. The average Bonchev–Trinajstić information content (AvgIpc) is 2.39. The Bertz CT molecular complexity index is 821. The van der Waals surface area contributed by atoms with Gasteiger partial charge in [-0.25, -0.2) is 9.97 Å². The summed E-state index contributed by atoms with van der Waals surface area (Å²) in [6.45, 7) is 0. The standard InChI is InChI=1S/C14H6BrCl3N2/c15-7-1-4-12-10(5-7)13(18)20-14(19-12)9-3-2-8(16)6-11(9)17/h1-6H. The molecule has 0 atom stereocenters. The third-order valence-electron chi connectivity index (χ3n) is 2.78. The molecule has 0 bridgehead atoms. The molecular weight excluding hydrogens is 382 g/mol. The van der Waals surface area contributed by atoms with Crippen LogP contribution in [0.15, 0.2) is 40.9 Å². The Kier molecular flexibility index (Phi) is 3.87. The lowest BCUT2D eigenvalue weighted by Crippen LogP contribution is -1.92. The molecule has 6 heteroatoms. The van der Waals surface area contributed by atoms with Crippen LogP contribution in [0.1, 0.15) is 0 Å². The third-order valence-corrected chi connectivity index (χ3v) is 4.11. The second-order valence-electron chi connectivity index (χ2n) is 4.12. The van der Waals surface area contributed by atoms with E-state index < -0.39 is 0 Å². The van der Waals surface area contributed by atoms with Gasteiger partial charge in [0.25, 0.3) is 0 Å². The van der Waals surface area contributed by atoms with E-state index in [1.54, 1.807) is 18.2 Å². The molecule has 1 aromatic heterocycles. The highest BCUT2D eigenvalue weighted by Crippen LogP contribution is 2.31. The summed E-state index contributed by atoms with van der Waals surface area (Å²) < 4.78 is 0.924.